The highest BCUT2D eigenvalue weighted by atomic mass is 32.2. The molecule has 2 aliphatic rings. The molecule has 1 aromatic carbocycles. The number of nitrogens with zero attached hydrogens (tertiary/aromatic N) is 2. The number of benzene rings is 1. The number of amides is 2. The molecule has 0 aliphatic carbocycles. The molecule has 0 fully saturated rings. The lowest BCUT2D eigenvalue weighted by Gasteiger charge is -2.10. The van der Waals surface area contributed by atoms with E-state index in [-0.39, 0.29) is 25.2 Å². The number of hydrogen-bond acceptors (Lipinski definition) is 7. The van der Waals surface area contributed by atoms with Crippen molar-refractivity contribution in [3.05, 3.63) is 65.3 Å². The molecule has 0 radical (unpaired) electrons. The van der Waals surface area contributed by atoms with Crippen LogP contribution < -0.4 is 20.1 Å². The predicted molar refractivity (Wildman–Crippen MR) is 118 cm³/mol. The lowest BCUT2D eigenvalue weighted by atomic mass is 10.2. The smallest absolute Gasteiger partial charge is 0.249 e. The molecule has 2 aromatic heterocycles. The summed E-state index contributed by atoms with van der Waals surface area (Å²) in [7, 11) is 0. The molecule has 4 heterocycles. The Labute approximate surface area is 187 Å². The van der Waals surface area contributed by atoms with E-state index in [1.54, 1.807) is 47.0 Å². The Bertz CT molecular complexity index is 1190. The molecule has 0 spiro atoms. The summed E-state index contributed by atoms with van der Waals surface area (Å²) in [6, 6.07) is 9.02. The molecular weight excluding hydrogens is 432 g/mol. The van der Waals surface area contributed by atoms with E-state index in [1.165, 1.54) is 6.08 Å². The third kappa shape index (κ3) is 4.35. The summed E-state index contributed by atoms with van der Waals surface area (Å²) in [6.45, 7) is 0.494. The molecule has 9 nitrogen and oxygen atoms in total. The monoisotopic (exact) mass is 452 g/mol. The maximum Gasteiger partial charge on any atom is 0.249 e. The second-order valence-corrected chi connectivity index (χ2v) is 8.20. The third-order valence-electron chi connectivity index (χ3n) is 5.02. The number of rotatable bonds is 7. The number of carbonyl (C=O) groups is 2. The van der Waals surface area contributed by atoms with E-state index in [1.807, 2.05) is 12.1 Å². The van der Waals surface area contributed by atoms with E-state index in [0.717, 1.165) is 28.3 Å². The first-order chi connectivity index (χ1) is 15.7. The minimum absolute atomic E-state index is 0.000135. The largest absolute Gasteiger partial charge is 0.467 e. The van der Waals surface area contributed by atoms with Gasteiger partial charge in [-0.2, -0.15) is 16.9 Å². The van der Waals surface area contributed by atoms with Gasteiger partial charge in [0, 0.05) is 23.1 Å². The highest BCUT2D eigenvalue weighted by molar-refractivity contribution is 7.98. The second kappa shape index (κ2) is 8.83. The van der Waals surface area contributed by atoms with Crippen LogP contribution in [0.2, 0.25) is 0 Å². The summed E-state index contributed by atoms with van der Waals surface area (Å²) in [4.78, 5) is 25.0. The SMILES string of the molecule is O=C(/C=C/c1ccc2c(c1)OCO2)Nc1c2c(nn1CC(=O)NCc1ccco1)CSC2. The van der Waals surface area contributed by atoms with E-state index in [0.29, 0.717) is 29.6 Å². The van der Waals surface area contributed by atoms with Gasteiger partial charge in [0.05, 0.1) is 18.5 Å². The van der Waals surface area contributed by atoms with Crippen LogP contribution in [0.4, 0.5) is 5.82 Å². The first-order valence-electron chi connectivity index (χ1n) is 10.00. The summed E-state index contributed by atoms with van der Waals surface area (Å²) < 4.78 is 17.4. The number of furan rings is 1. The highest BCUT2D eigenvalue weighted by Gasteiger charge is 2.24. The van der Waals surface area contributed by atoms with Crippen LogP contribution in [0.25, 0.3) is 6.08 Å². The van der Waals surface area contributed by atoms with Gasteiger partial charge in [0.2, 0.25) is 18.6 Å². The van der Waals surface area contributed by atoms with Crippen molar-refractivity contribution in [2.45, 2.75) is 24.6 Å². The molecule has 0 saturated carbocycles. The van der Waals surface area contributed by atoms with Crippen molar-refractivity contribution in [3.63, 3.8) is 0 Å². The van der Waals surface area contributed by atoms with Crippen LogP contribution in [0.5, 0.6) is 11.5 Å². The second-order valence-electron chi connectivity index (χ2n) is 7.22. The van der Waals surface area contributed by atoms with Crippen molar-refractivity contribution < 1.29 is 23.5 Å². The number of anilines is 1. The molecule has 2 aliphatic heterocycles. The molecule has 10 heteroatoms. The van der Waals surface area contributed by atoms with Gasteiger partial charge >= 0.3 is 0 Å². The van der Waals surface area contributed by atoms with Crippen LogP contribution in [-0.2, 0) is 34.2 Å². The van der Waals surface area contributed by atoms with Crippen LogP contribution in [0.3, 0.4) is 0 Å². The average molecular weight is 452 g/mol. The van der Waals surface area contributed by atoms with Gasteiger partial charge in [0.15, 0.2) is 11.5 Å². The molecule has 2 N–H and O–H groups in total. The highest BCUT2D eigenvalue weighted by Crippen LogP contribution is 2.35. The predicted octanol–water partition coefficient (Wildman–Crippen LogP) is 2.92. The van der Waals surface area contributed by atoms with Crippen LogP contribution >= 0.6 is 11.8 Å². The van der Waals surface area contributed by atoms with Crippen molar-refractivity contribution >= 4 is 35.5 Å². The molecule has 3 aromatic rings. The van der Waals surface area contributed by atoms with Gasteiger partial charge in [0.1, 0.15) is 18.1 Å². The van der Waals surface area contributed by atoms with Gasteiger partial charge in [-0.25, -0.2) is 4.68 Å². The molecule has 0 bridgehead atoms. The van der Waals surface area contributed by atoms with Crippen LogP contribution in [0.1, 0.15) is 22.6 Å². The topological polar surface area (TPSA) is 108 Å². The lowest BCUT2D eigenvalue weighted by molar-refractivity contribution is -0.122. The van der Waals surface area contributed by atoms with Gasteiger partial charge in [-0.05, 0) is 35.9 Å². The first-order valence-corrected chi connectivity index (χ1v) is 11.2. The van der Waals surface area contributed by atoms with Gasteiger partial charge in [-0.1, -0.05) is 6.07 Å². The van der Waals surface area contributed by atoms with E-state index in [9.17, 15) is 9.59 Å². The van der Waals surface area contributed by atoms with Gasteiger partial charge in [-0.15, -0.1) is 0 Å². The zero-order valence-corrected chi connectivity index (χ0v) is 17.8. The summed E-state index contributed by atoms with van der Waals surface area (Å²) in [5.74, 6) is 3.53. The van der Waals surface area contributed by atoms with Crippen molar-refractivity contribution in [2.75, 3.05) is 12.1 Å². The Morgan fingerprint density at radius 2 is 2.09 bits per heavy atom. The Hall–Kier alpha value is -3.66. The van der Waals surface area contributed by atoms with Crippen LogP contribution in [0.15, 0.2) is 47.1 Å². The maximum absolute atomic E-state index is 12.6. The molecular formula is C22H20N4O5S. The minimum atomic E-state index is -0.306. The standard InChI is InChI=1S/C22H20N4O5S/c27-20(6-4-14-3-5-18-19(8-14)31-13-30-18)24-22-16-11-32-12-17(16)25-26(22)10-21(28)23-9-15-2-1-7-29-15/h1-8H,9-13H2,(H,23,28)(H,24,27)/b6-4+. The minimum Gasteiger partial charge on any atom is -0.467 e. The van der Waals surface area contributed by atoms with Crippen molar-refractivity contribution in [3.8, 4) is 11.5 Å². The molecule has 0 saturated heterocycles. The van der Waals surface area contributed by atoms with Gasteiger partial charge in [-0.3, -0.25) is 9.59 Å². The van der Waals surface area contributed by atoms with Gasteiger partial charge in [0.25, 0.3) is 0 Å². The molecule has 0 unspecified atom stereocenters. The lowest BCUT2D eigenvalue weighted by Crippen LogP contribution is -2.28. The van der Waals surface area contributed by atoms with Crippen molar-refractivity contribution in [1.82, 2.24) is 15.1 Å². The summed E-state index contributed by atoms with van der Waals surface area (Å²) in [5.41, 5.74) is 2.67. The maximum atomic E-state index is 12.6. The van der Waals surface area contributed by atoms with E-state index in [4.69, 9.17) is 13.9 Å². The number of hydrogen-bond donors (Lipinski definition) is 2. The quantitative estimate of drug-likeness (QED) is 0.531. The zero-order chi connectivity index (χ0) is 21.9. The van der Waals surface area contributed by atoms with Crippen LogP contribution in [-0.4, -0.2) is 28.4 Å². The number of carbonyl (C=O) groups excluding carboxylic acids is 2. The van der Waals surface area contributed by atoms with Crippen molar-refractivity contribution in [2.24, 2.45) is 0 Å². The first kappa shape index (κ1) is 20.3. The Morgan fingerprint density at radius 3 is 2.97 bits per heavy atom. The fraction of sp³-hybridized carbons (Fsp3) is 0.227. The average Bonchev–Trinajstić information content (AvgIpc) is 3.57. The number of thioether (sulfide) groups is 1. The number of aromatic nitrogens is 2. The summed E-state index contributed by atoms with van der Waals surface area (Å²) in [6.07, 6.45) is 4.70. The van der Waals surface area contributed by atoms with Crippen molar-refractivity contribution in [1.29, 1.82) is 0 Å². The Morgan fingerprint density at radius 1 is 1.19 bits per heavy atom. The van der Waals surface area contributed by atoms with Gasteiger partial charge < -0.3 is 24.5 Å². The van der Waals surface area contributed by atoms with Crippen LogP contribution in [0, 0.1) is 0 Å². The molecule has 5 rings (SSSR count). The van der Waals surface area contributed by atoms with E-state index >= 15 is 0 Å². The normalized spacial score (nSPS) is 14.0. The Balaban J connectivity index is 1.26. The van der Waals surface area contributed by atoms with E-state index in [2.05, 4.69) is 15.7 Å². The van der Waals surface area contributed by atoms with E-state index < -0.39 is 0 Å². The summed E-state index contributed by atoms with van der Waals surface area (Å²) >= 11 is 1.72. The fourth-order valence-electron chi connectivity index (χ4n) is 3.46. The third-order valence-corrected chi connectivity index (χ3v) is 5.99. The zero-order valence-electron chi connectivity index (χ0n) is 17.0. The summed E-state index contributed by atoms with van der Waals surface area (Å²) in [5, 5.41) is 10.2. The number of ether oxygens (including phenoxy) is 2. The fourth-order valence-corrected chi connectivity index (χ4v) is 4.49. The number of nitrogens with one attached hydrogen (secondary N) is 2. The molecule has 164 valence electrons. The molecule has 32 heavy (non-hydrogen) atoms. The Kier molecular flexibility index (Phi) is 5.59. The number of fused-ring (bicyclic) bond motifs is 2. The molecule has 2 amide bonds. The molecule has 0 atom stereocenters.